The molecule has 0 saturated carbocycles. The molecule has 1 aromatic rings. The van der Waals surface area contributed by atoms with Crippen LogP contribution in [0.15, 0.2) is 18.2 Å². The van der Waals surface area contributed by atoms with Crippen molar-refractivity contribution in [3.63, 3.8) is 0 Å². The standard InChI is InChI=1S/C17H23N3/c1-12-6-7-13(11-18)8-17(12)20-15-4-3-5-16(20)10-14(9-15)19-2/h6-8,14-16,19H,3-5,9-10H2,1-2H3. The normalized spacial score (nSPS) is 29.1. The molecule has 106 valence electrons. The van der Waals surface area contributed by atoms with Crippen LogP contribution in [-0.2, 0) is 0 Å². The third kappa shape index (κ3) is 2.29. The van der Waals surface area contributed by atoms with Crippen molar-refractivity contribution in [1.82, 2.24) is 5.32 Å². The molecule has 3 rings (SSSR count). The van der Waals surface area contributed by atoms with E-state index in [9.17, 15) is 0 Å². The van der Waals surface area contributed by atoms with Gasteiger partial charge in [-0.3, -0.25) is 0 Å². The second-order valence-corrected chi connectivity index (χ2v) is 6.22. The maximum atomic E-state index is 9.16. The number of fused-ring (bicyclic) bond motifs is 2. The number of nitrogens with zero attached hydrogens (tertiary/aromatic N) is 2. The van der Waals surface area contributed by atoms with Crippen LogP contribution < -0.4 is 10.2 Å². The molecule has 2 bridgehead atoms. The van der Waals surface area contributed by atoms with Crippen molar-refractivity contribution in [2.75, 3.05) is 11.9 Å². The number of rotatable bonds is 2. The van der Waals surface area contributed by atoms with Crippen LogP contribution in [0.5, 0.6) is 0 Å². The van der Waals surface area contributed by atoms with Crippen LogP contribution in [0.2, 0.25) is 0 Å². The van der Waals surface area contributed by atoms with E-state index in [4.69, 9.17) is 5.26 Å². The molecule has 0 aromatic heterocycles. The Labute approximate surface area is 121 Å². The molecule has 0 spiro atoms. The first kappa shape index (κ1) is 13.5. The van der Waals surface area contributed by atoms with E-state index in [1.54, 1.807) is 0 Å². The number of piperidine rings is 2. The molecule has 0 amide bonds. The Kier molecular flexibility index (Phi) is 3.67. The summed E-state index contributed by atoms with van der Waals surface area (Å²) in [5, 5.41) is 12.6. The SMILES string of the molecule is CNC1CC2CCCC(C1)N2c1cc(C#N)ccc1C. The fourth-order valence-corrected chi connectivity index (χ4v) is 3.97. The summed E-state index contributed by atoms with van der Waals surface area (Å²) >= 11 is 0. The average Bonchev–Trinajstić information content (AvgIpc) is 2.46. The van der Waals surface area contributed by atoms with Gasteiger partial charge in [0.1, 0.15) is 0 Å². The van der Waals surface area contributed by atoms with Gasteiger partial charge in [0, 0.05) is 23.8 Å². The van der Waals surface area contributed by atoms with Crippen molar-refractivity contribution in [2.45, 2.75) is 57.2 Å². The predicted molar refractivity (Wildman–Crippen MR) is 81.9 cm³/mol. The first-order chi connectivity index (χ1) is 9.72. The van der Waals surface area contributed by atoms with E-state index < -0.39 is 0 Å². The van der Waals surface area contributed by atoms with Crippen LogP contribution in [-0.4, -0.2) is 25.2 Å². The number of nitrogens with one attached hydrogen (secondary N) is 1. The van der Waals surface area contributed by atoms with Gasteiger partial charge in [-0.1, -0.05) is 6.07 Å². The van der Waals surface area contributed by atoms with Crippen molar-refractivity contribution in [2.24, 2.45) is 0 Å². The molecular formula is C17H23N3. The van der Waals surface area contributed by atoms with Gasteiger partial charge in [0.15, 0.2) is 0 Å². The molecule has 2 aliphatic heterocycles. The van der Waals surface area contributed by atoms with Crippen LogP contribution in [0.1, 0.15) is 43.2 Å². The van der Waals surface area contributed by atoms with Crippen LogP contribution in [0, 0.1) is 18.3 Å². The minimum Gasteiger partial charge on any atom is -0.365 e. The van der Waals surface area contributed by atoms with Gasteiger partial charge in [0.05, 0.1) is 11.6 Å². The molecule has 0 radical (unpaired) electrons. The topological polar surface area (TPSA) is 39.1 Å². The summed E-state index contributed by atoms with van der Waals surface area (Å²) < 4.78 is 0. The van der Waals surface area contributed by atoms with Crippen LogP contribution >= 0.6 is 0 Å². The third-order valence-electron chi connectivity index (χ3n) is 5.00. The highest BCUT2D eigenvalue weighted by atomic mass is 15.2. The highest BCUT2D eigenvalue weighted by molar-refractivity contribution is 5.59. The Hall–Kier alpha value is -1.53. The molecule has 2 fully saturated rings. The third-order valence-corrected chi connectivity index (χ3v) is 5.00. The summed E-state index contributed by atoms with van der Waals surface area (Å²) in [5.41, 5.74) is 3.36. The number of hydrogen-bond donors (Lipinski definition) is 1. The minimum absolute atomic E-state index is 0.632. The second-order valence-electron chi connectivity index (χ2n) is 6.22. The van der Waals surface area contributed by atoms with Crippen molar-refractivity contribution in [3.8, 4) is 6.07 Å². The lowest BCUT2D eigenvalue weighted by Crippen LogP contribution is -2.56. The quantitative estimate of drug-likeness (QED) is 0.897. The van der Waals surface area contributed by atoms with Crippen molar-refractivity contribution in [3.05, 3.63) is 29.3 Å². The average molecular weight is 269 g/mol. The largest absolute Gasteiger partial charge is 0.365 e. The zero-order chi connectivity index (χ0) is 14.1. The zero-order valence-corrected chi connectivity index (χ0v) is 12.4. The summed E-state index contributed by atoms with van der Waals surface area (Å²) in [4.78, 5) is 2.62. The maximum absolute atomic E-state index is 9.16. The van der Waals surface area contributed by atoms with Gasteiger partial charge in [-0.25, -0.2) is 0 Å². The van der Waals surface area contributed by atoms with Gasteiger partial charge in [0.25, 0.3) is 0 Å². The monoisotopic (exact) mass is 269 g/mol. The Morgan fingerprint density at radius 2 is 1.95 bits per heavy atom. The van der Waals surface area contributed by atoms with Crippen molar-refractivity contribution in [1.29, 1.82) is 5.26 Å². The highest BCUT2D eigenvalue weighted by Gasteiger charge is 2.38. The fraction of sp³-hybridized carbons (Fsp3) is 0.588. The highest BCUT2D eigenvalue weighted by Crippen LogP contribution is 2.39. The fourth-order valence-electron chi connectivity index (χ4n) is 3.97. The van der Waals surface area contributed by atoms with E-state index in [1.807, 2.05) is 6.07 Å². The molecule has 20 heavy (non-hydrogen) atoms. The number of hydrogen-bond acceptors (Lipinski definition) is 3. The first-order valence-corrected chi connectivity index (χ1v) is 7.69. The van der Waals surface area contributed by atoms with E-state index in [2.05, 4.69) is 42.4 Å². The molecule has 3 heteroatoms. The van der Waals surface area contributed by atoms with Crippen LogP contribution in [0.3, 0.4) is 0 Å². The zero-order valence-electron chi connectivity index (χ0n) is 12.4. The smallest absolute Gasteiger partial charge is 0.0992 e. The summed E-state index contributed by atoms with van der Waals surface area (Å²) in [5.74, 6) is 0. The molecule has 2 aliphatic rings. The molecule has 2 unspecified atom stereocenters. The summed E-state index contributed by atoms with van der Waals surface area (Å²) in [6.45, 7) is 2.16. The maximum Gasteiger partial charge on any atom is 0.0992 e. The van der Waals surface area contributed by atoms with Gasteiger partial charge in [-0.2, -0.15) is 5.26 Å². The molecule has 1 aromatic carbocycles. The summed E-state index contributed by atoms with van der Waals surface area (Å²) in [7, 11) is 2.08. The van der Waals surface area contributed by atoms with Crippen molar-refractivity contribution >= 4 is 5.69 Å². The first-order valence-electron chi connectivity index (χ1n) is 7.69. The number of nitriles is 1. The Morgan fingerprint density at radius 3 is 2.55 bits per heavy atom. The van der Waals surface area contributed by atoms with Crippen molar-refractivity contribution < 1.29 is 0 Å². The molecule has 2 saturated heterocycles. The Morgan fingerprint density at radius 1 is 1.25 bits per heavy atom. The van der Waals surface area contributed by atoms with E-state index in [0.29, 0.717) is 18.1 Å². The molecule has 2 atom stereocenters. The van der Waals surface area contributed by atoms with Gasteiger partial charge in [-0.05, 0) is 63.8 Å². The van der Waals surface area contributed by atoms with E-state index in [-0.39, 0.29) is 0 Å². The van der Waals surface area contributed by atoms with Gasteiger partial charge in [0.2, 0.25) is 0 Å². The molecule has 1 N–H and O–H groups in total. The Balaban J connectivity index is 1.95. The number of anilines is 1. The number of aryl methyl sites for hydroxylation is 1. The van der Waals surface area contributed by atoms with Crippen LogP contribution in [0.25, 0.3) is 0 Å². The lowest BCUT2D eigenvalue weighted by Gasteiger charge is -2.50. The minimum atomic E-state index is 0.632. The van der Waals surface area contributed by atoms with Gasteiger partial charge >= 0.3 is 0 Å². The van der Waals surface area contributed by atoms with Crippen LogP contribution in [0.4, 0.5) is 5.69 Å². The Bertz CT molecular complexity index is 518. The van der Waals surface area contributed by atoms with E-state index >= 15 is 0 Å². The van der Waals surface area contributed by atoms with Gasteiger partial charge < -0.3 is 10.2 Å². The summed E-state index contributed by atoms with van der Waals surface area (Å²) in [6, 6.07) is 10.3. The lowest BCUT2D eigenvalue weighted by atomic mass is 9.81. The van der Waals surface area contributed by atoms with E-state index in [1.165, 1.54) is 43.4 Å². The summed E-state index contributed by atoms with van der Waals surface area (Å²) in [6.07, 6.45) is 6.36. The predicted octanol–water partition coefficient (Wildman–Crippen LogP) is 2.98. The molecule has 0 aliphatic carbocycles. The molecular weight excluding hydrogens is 246 g/mol. The molecule has 2 heterocycles. The lowest BCUT2D eigenvalue weighted by molar-refractivity contribution is 0.252. The second kappa shape index (κ2) is 5.46. The molecule has 3 nitrogen and oxygen atoms in total. The van der Waals surface area contributed by atoms with E-state index in [0.717, 1.165) is 5.56 Å². The number of benzene rings is 1. The van der Waals surface area contributed by atoms with Gasteiger partial charge in [-0.15, -0.1) is 0 Å².